The molecular weight excluding hydrogens is 314 g/mol. The predicted octanol–water partition coefficient (Wildman–Crippen LogP) is 3.39. The third kappa shape index (κ3) is 4.13. The molecule has 0 bridgehead atoms. The van der Waals surface area contributed by atoms with Gasteiger partial charge in [0.05, 0.1) is 24.5 Å². The highest BCUT2D eigenvalue weighted by Gasteiger charge is 2.17. The van der Waals surface area contributed by atoms with Crippen molar-refractivity contribution in [1.82, 2.24) is 4.98 Å². The molecule has 3 rings (SSSR count). The SMILES string of the molecule is N#Cc1cc(Cl)ccc1NCc1ccnc(OC2CCOC2)c1. The fourth-order valence-corrected chi connectivity index (χ4v) is 2.53. The van der Waals surface area contributed by atoms with Crippen LogP contribution < -0.4 is 10.1 Å². The molecule has 1 aromatic heterocycles. The maximum Gasteiger partial charge on any atom is 0.213 e. The van der Waals surface area contributed by atoms with Crippen LogP contribution in [0.2, 0.25) is 5.02 Å². The van der Waals surface area contributed by atoms with Crippen molar-refractivity contribution in [2.45, 2.75) is 19.1 Å². The zero-order chi connectivity index (χ0) is 16.1. The number of anilines is 1. The van der Waals surface area contributed by atoms with E-state index < -0.39 is 0 Å². The van der Waals surface area contributed by atoms with Crippen LogP contribution in [0.5, 0.6) is 5.88 Å². The van der Waals surface area contributed by atoms with Crippen LogP contribution in [-0.4, -0.2) is 24.3 Å². The average Bonchev–Trinajstić information content (AvgIpc) is 3.07. The van der Waals surface area contributed by atoms with E-state index in [4.69, 9.17) is 26.3 Å². The lowest BCUT2D eigenvalue weighted by Gasteiger charge is -2.12. The van der Waals surface area contributed by atoms with Crippen LogP contribution in [0.3, 0.4) is 0 Å². The van der Waals surface area contributed by atoms with E-state index in [2.05, 4.69) is 16.4 Å². The monoisotopic (exact) mass is 329 g/mol. The molecule has 0 radical (unpaired) electrons. The first-order valence-electron chi connectivity index (χ1n) is 7.37. The predicted molar refractivity (Wildman–Crippen MR) is 87.6 cm³/mol. The Morgan fingerprint density at radius 2 is 2.30 bits per heavy atom. The van der Waals surface area contributed by atoms with Gasteiger partial charge in [-0.1, -0.05) is 11.6 Å². The van der Waals surface area contributed by atoms with Gasteiger partial charge in [0.1, 0.15) is 12.2 Å². The maximum atomic E-state index is 9.15. The van der Waals surface area contributed by atoms with Crippen molar-refractivity contribution >= 4 is 17.3 Å². The number of ether oxygens (including phenoxy) is 2. The first-order valence-corrected chi connectivity index (χ1v) is 7.75. The number of hydrogen-bond donors (Lipinski definition) is 1. The molecule has 23 heavy (non-hydrogen) atoms. The van der Waals surface area contributed by atoms with Gasteiger partial charge in [-0.2, -0.15) is 5.26 Å². The van der Waals surface area contributed by atoms with Crippen LogP contribution >= 0.6 is 11.6 Å². The topological polar surface area (TPSA) is 67.2 Å². The fraction of sp³-hybridized carbons (Fsp3) is 0.294. The molecule has 1 aliphatic heterocycles. The highest BCUT2D eigenvalue weighted by Crippen LogP contribution is 2.21. The van der Waals surface area contributed by atoms with Crippen molar-refractivity contribution in [3.63, 3.8) is 0 Å². The van der Waals surface area contributed by atoms with Crippen LogP contribution in [0.15, 0.2) is 36.5 Å². The summed E-state index contributed by atoms with van der Waals surface area (Å²) < 4.78 is 11.1. The molecule has 1 N–H and O–H groups in total. The number of hydrogen-bond acceptors (Lipinski definition) is 5. The van der Waals surface area contributed by atoms with E-state index in [1.54, 1.807) is 24.4 Å². The summed E-state index contributed by atoms with van der Waals surface area (Å²) in [7, 11) is 0. The molecule has 2 heterocycles. The standard InChI is InChI=1S/C17H16ClN3O2/c18-14-1-2-16(13(8-14)9-19)21-10-12-3-5-20-17(7-12)23-15-4-6-22-11-15/h1-3,5,7-8,15,21H,4,6,10-11H2. The summed E-state index contributed by atoms with van der Waals surface area (Å²) in [5, 5.41) is 12.9. The second-order valence-electron chi connectivity index (χ2n) is 5.26. The molecular formula is C17H16ClN3O2. The maximum absolute atomic E-state index is 9.15. The van der Waals surface area contributed by atoms with E-state index in [0.717, 1.165) is 24.3 Å². The minimum absolute atomic E-state index is 0.0761. The molecule has 5 nitrogen and oxygen atoms in total. The highest BCUT2D eigenvalue weighted by molar-refractivity contribution is 6.30. The van der Waals surface area contributed by atoms with Crippen molar-refractivity contribution in [2.24, 2.45) is 0 Å². The van der Waals surface area contributed by atoms with E-state index in [0.29, 0.717) is 29.6 Å². The first-order chi connectivity index (χ1) is 11.2. The minimum Gasteiger partial charge on any atom is -0.472 e. The normalized spacial score (nSPS) is 16.8. The van der Waals surface area contributed by atoms with E-state index in [9.17, 15) is 0 Å². The number of halogens is 1. The van der Waals surface area contributed by atoms with Gasteiger partial charge < -0.3 is 14.8 Å². The molecule has 1 unspecified atom stereocenters. The fourth-order valence-electron chi connectivity index (χ4n) is 2.36. The lowest BCUT2D eigenvalue weighted by atomic mass is 10.2. The molecule has 0 amide bonds. The van der Waals surface area contributed by atoms with Gasteiger partial charge in [-0.3, -0.25) is 0 Å². The van der Waals surface area contributed by atoms with Gasteiger partial charge >= 0.3 is 0 Å². The van der Waals surface area contributed by atoms with Crippen LogP contribution in [0.1, 0.15) is 17.5 Å². The second-order valence-corrected chi connectivity index (χ2v) is 5.70. The van der Waals surface area contributed by atoms with E-state index in [-0.39, 0.29) is 6.10 Å². The average molecular weight is 330 g/mol. The van der Waals surface area contributed by atoms with E-state index in [1.165, 1.54) is 0 Å². The number of nitrogens with one attached hydrogen (secondary N) is 1. The summed E-state index contributed by atoms with van der Waals surface area (Å²) in [6, 6.07) is 11.1. The zero-order valence-corrected chi connectivity index (χ0v) is 13.2. The van der Waals surface area contributed by atoms with Crippen molar-refractivity contribution in [3.05, 3.63) is 52.7 Å². The number of nitrogens with zero attached hydrogens (tertiary/aromatic N) is 2. The smallest absolute Gasteiger partial charge is 0.213 e. The highest BCUT2D eigenvalue weighted by atomic mass is 35.5. The molecule has 0 spiro atoms. The Balaban J connectivity index is 1.65. The summed E-state index contributed by atoms with van der Waals surface area (Å²) >= 11 is 5.90. The van der Waals surface area contributed by atoms with Gasteiger partial charge in [0.25, 0.3) is 0 Å². The number of rotatable bonds is 5. The third-order valence-electron chi connectivity index (χ3n) is 3.56. The van der Waals surface area contributed by atoms with E-state index in [1.807, 2.05) is 12.1 Å². The molecule has 0 aliphatic carbocycles. The number of aromatic nitrogens is 1. The molecule has 2 aromatic rings. The summed E-state index contributed by atoms with van der Waals surface area (Å²) in [6.07, 6.45) is 2.68. The van der Waals surface area contributed by atoms with Gasteiger partial charge in [0, 0.05) is 30.3 Å². The van der Waals surface area contributed by atoms with Gasteiger partial charge in [-0.25, -0.2) is 4.98 Å². The summed E-state index contributed by atoms with van der Waals surface area (Å²) in [6.45, 7) is 1.91. The molecule has 1 saturated heterocycles. The largest absolute Gasteiger partial charge is 0.472 e. The van der Waals surface area contributed by atoms with Crippen molar-refractivity contribution in [3.8, 4) is 11.9 Å². The van der Waals surface area contributed by atoms with Crippen LogP contribution in [-0.2, 0) is 11.3 Å². The molecule has 6 heteroatoms. The van der Waals surface area contributed by atoms with Crippen molar-refractivity contribution < 1.29 is 9.47 Å². The summed E-state index contributed by atoms with van der Waals surface area (Å²) in [5.41, 5.74) is 2.29. The van der Waals surface area contributed by atoms with Crippen molar-refractivity contribution in [1.29, 1.82) is 5.26 Å². The zero-order valence-electron chi connectivity index (χ0n) is 12.5. The number of nitriles is 1. The first kappa shape index (κ1) is 15.6. The Labute approximate surface area is 139 Å². The number of pyridine rings is 1. The molecule has 0 saturated carbocycles. The molecule has 1 atom stereocenters. The molecule has 1 fully saturated rings. The second kappa shape index (κ2) is 7.32. The quantitative estimate of drug-likeness (QED) is 0.910. The van der Waals surface area contributed by atoms with Crippen molar-refractivity contribution in [2.75, 3.05) is 18.5 Å². The van der Waals surface area contributed by atoms with E-state index >= 15 is 0 Å². The third-order valence-corrected chi connectivity index (χ3v) is 3.79. The lowest BCUT2D eigenvalue weighted by Crippen LogP contribution is -2.16. The number of benzene rings is 1. The van der Waals surface area contributed by atoms with Crippen LogP contribution in [0.4, 0.5) is 5.69 Å². The molecule has 1 aromatic carbocycles. The van der Waals surface area contributed by atoms with Crippen LogP contribution in [0.25, 0.3) is 0 Å². The summed E-state index contributed by atoms with van der Waals surface area (Å²) in [4.78, 5) is 4.23. The van der Waals surface area contributed by atoms with Gasteiger partial charge in [0.15, 0.2) is 0 Å². The molecule has 1 aliphatic rings. The van der Waals surface area contributed by atoms with Gasteiger partial charge in [0.2, 0.25) is 5.88 Å². The Kier molecular flexibility index (Phi) is 4.96. The van der Waals surface area contributed by atoms with Crippen LogP contribution in [0, 0.1) is 11.3 Å². The summed E-state index contributed by atoms with van der Waals surface area (Å²) in [5.74, 6) is 0.594. The Hall–Kier alpha value is -2.29. The van der Waals surface area contributed by atoms with Gasteiger partial charge in [-0.15, -0.1) is 0 Å². The van der Waals surface area contributed by atoms with Gasteiger partial charge in [-0.05, 0) is 29.8 Å². The minimum atomic E-state index is 0.0761. The molecule has 118 valence electrons. The Morgan fingerprint density at radius 1 is 1.39 bits per heavy atom. The Morgan fingerprint density at radius 3 is 3.09 bits per heavy atom. The lowest BCUT2D eigenvalue weighted by molar-refractivity contribution is 0.138. The Bertz CT molecular complexity index is 724.